The van der Waals surface area contributed by atoms with E-state index in [2.05, 4.69) is 26.1 Å². The van der Waals surface area contributed by atoms with Crippen LogP contribution in [0, 0.1) is 0 Å². The molecule has 3 aromatic heterocycles. The fourth-order valence-electron chi connectivity index (χ4n) is 4.95. The van der Waals surface area contributed by atoms with Crippen molar-refractivity contribution in [2.24, 2.45) is 0 Å². The molecule has 0 saturated carbocycles. The van der Waals surface area contributed by atoms with E-state index in [0.717, 1.165) is 65.2 Å². The van der Waals surface area contributed by atoms with Crippen molar-refractivity contribution in [1.82, 2.24) is 30.0 Å². The highest BCUT2D eigenvalue weighted by Gasteiger charge is 2.25. The van der Waals surface area contributed by atoms with Gasteiger partial charge in [-0.2, -0.15) is 5.10 Å². The van der Waals surface area contributed by atoms with E-state index in [-0.39, 0.29) is 5.91 Å². The molecule has 36 heavy (non-hydrogen) atoms. The zero-order chi connectivity index (χ0) is 24.6. The Labute approximate surface area is 212 Å². The number of rotatable bonds is 5. The monoisotopic (exact) mass is 507 g/mol. The summed E-state index contributed by atoms with van der Waals surface area (Å²) in [6.07, 6.45) is 0.882. The lowest BCUT2D eigenvalue weighted by Crippen LogP contribution is -2.50. The van der Waals surface area contributed by atoms with Gasteiger partial charge in [0.15, 0.2) is 5.82 Å². The van der Waals surface area contributed by atoms with Crippen molar-refractivity contribution in [2.45, 2.75) is 19.6 Å². The van der Waals surface area contributed by atoms with E-state index in [4.69, 9.17) is 14.7 Å². The van der Waals surface area contributed by atoms with Crippen LogP contribution in [0.25, 0.3) is 32.5 Å². The Morgan fingerprint density at radius 1 is 1.14 bits per heavy atom. The first-order valence-corrected chi connectivity index (χ1v) is 13.1. The summed E-state index contributed by atoms with van der Waals surface area (Å²) >= 11 is 1.70. The first-order valence-electron chi connectivity index (χ1n) is 12.3. The number of nitrogens with one attached hydrogen (secondary N) is 1. The number of thiophene rings is 1. The third kappa shape index (κ3) is 4.43. The Bertz CT molecular complexity index is 1390. The van der Waals surface area contributed by atoms with Gasteiger partial charge in [0.05, 0.1) is 30.3 Å². The van der Waals surface area contributed by atoms with Crippen LogP contribution in [0.3, 0.4) is 0 Å². The van der Waals surface area contributed by atoms with Gasteiger partial charge in [-0.25, -0.2) is 9.97 Å². The largest absolute Gasteiger partial charge is 0.384 e. The number of hydrogen-bond donors (Lipinski definition) is 2. The highest BCUT2D eigenvalue weighted by molar-refractivity contribution is 7.18. The summed E-state index contributed by atoms with van der Waals surface area (Å²) in [5.41, 5.74) is 1.93. The molecular formula is C25H29N7O3S. The van der Waals surface area contributed by atoms with Crippen LogP contribution in [0.4, 0.5) is 5.82 Å². The average Bonchev–Trinajstić information content (AvgIpc) is 3.55. The molecular weight excluding hydrogens is 478 g/mol. The molecule has 2 N–H and O–H groups in total. The van der Waals surface area contributed by atoms with Crippen molar-refractivity contribution in [2.75, 3.05) is 57.4 Å². The standard InChI is InChI=1S/C25H29N7O3S/c1-16(33)25(34)32-7-5-30(6-8-32)15-17-13-19-23(31-9-11-35-12-10-31)27-22(28-24(19)36-17)18-3-2-4-21-20(18)14-26-29-21/h2-4,13-14,16,33H,5-12,15H2,1H3,(H,26,29). The van der Waals surface area contributed by atoms with Crippen LogP contribution < -0.4 is 4.90 Å². The molecule has 4 aromatic rings. The molecule has 0 aliphatic carbocycles. The molecule has 10 nitrogen and oxygen atoms in total. The predicted molar refractivity (Wildman–Crippen MR) is 139 cm³/mol. The lowest BCUT2D eigenvalue weighted by molar-refractivity contribution is -0.141. The molecule has 188 valence electrons. The third-order valence-corrected chi connectivity index (χ3v) is 7.89. The molecule has 1 atom stereocenters. The Kier molecular flexibility index (Phi) is 6.30. The summed E-state index contributed by atoms with van der Waals surface area (Å²) in [7, 11) is 0. The SMILES string of the molecule is CC(O)C(=O)N1CCN(Cc2cc3c(N4CCOCC4)nc(-c4cccc5[nH]ncc45)nc3s2)CC1. The van der Waals surface area contributed by atoms with E-state index in [1.165, 1.54) is 11.8 Å². The number of aliphatic hydroxyl groups excluding tert-OH is 1. The number of anilines is 1. The second-order valence-electron chi connectivity index (χ2n) is 9.32. The van der Waals surface area contributed by atoms with E-state index in [1.54, 1.807) is 16.2 Å². The molecule has 5 heterocycles. The number of ether oxygens (including phenoxy) is 1. The van der Waals surface area contributed by atoms with Gasteiger partial charge in [-0.3, -0.25) is 14.8 Å². The number of aliphatic hydroxyl groups is 1. The number of aromatic amines is 1. The van der Waals surface area contributed by atoms with Crippen molar-refractivity contribution < 1.29 is 14.6 Å². The summed E-state index contributed by atoms with van der Waals surface area (Å²) in [6.45, 7) is 8.11. The highest BCUT2D eigenvalue weighted by Crippen LogP contribution is 2.35. The highest BCUT2D eigenvalue weighted by atomic mass is 32.1. The summed E-state index contributed by atoms with van der Waals surface area (Å²) in [5.74, 6) is 1.46. The van der Waals surface area contributed by atoms with Crippen LogP contribution in [-0.4, -0.2) is 99.6 Å². The van der Waals surface area contributed by atoms with Gasteiger partial charge < -0.3 is 19.6 Å². The molecule has 2 saturated heterocycles. The zero-order valence-electron chi connectivity index (χ0n) is 20.2. The van der Waals surface area contributed by atoms with E-state index in [9.17, 15) is 9.90 Å². The smallest absolute Gasteiger partial charge is 0.251 e. The number of benzene rings is 1. The number of hydrogen-bond acceptors (Lipinski definition) is 9. The number of aromatic nitrogens is 4. The van der Waals surface area contributed by atoms with Crippen LogP contribution in [0.2, 0.25) is 0 Å². The minimum atomic E-state index is -0.946. The second kappa shape index (κ2) is 9.74. The van der Waals surface area contributed by atoms with Crippen LogP contribution in [-0.2, 0) is 16.1 Å². The predicted octanol–water partition coefficient (Wildman–Crippen LogP) is 2.10. The maximum atomic E-state index is 12.1. The van der Waals surface area contributed by atoms with E-state index in [0.29, 0.717) is 32.1 Å². The lowest BCUT2D eigenvalue weighted by atomic mass is 10.1. The maximum Gasteiger partial charge on any atom is 0.251 e. The normalized spacial score (nSPS) is 18.3. The molecule has 1 amide bonds. The minimum Gasteiger partial charge on any atom is -0.384 e. The molecule has 2 fully saturated rings. The lowest BCUT2D eigenvalue weighted by Gasteiger charge is -2.35. The average molecular weight is 508 g/mol. The van der Waals surface area contributed by atoms with Gasteiger partial charge in [0.25, 0.3) is 5.91 Å². The molecule has 2 aliphatic heterocycles. The number of nitrogens with zero attached hydrogens (tertiary/aromatic N) is 6. The minimum absolute atomic E-state index is 0.192. The van der Waals surface area contributed by atoms with Gasteiger partial charge in [0.2, 0.25) is 0 Å². The number of carbonyl (C=O) groups excluding carboxylic acids is 1. The number of morpholine rings is 1. The molecule has 11 heteroatoms. The van der Waals surface area contributed by atoms with Crippen LogP contribution in [0.5, 0.6) is 0 Å². The van der Waals surface area contributed by atoms with Crippen molar-refractivity contribution in [3.63, 3.8) is 0 Å². The summed E-state index contributed by atoms with van der Waals surface area (Å²) in [5, 5.41) is 18.9. The fourth-order valence-corrected chi connectivity index (χ4v) is 6.01. The maximum absolute atomic E-state index is 12.1. The number of piperazine rings is 1. The van der Waals surface area contributed by atoms with Gasteiger partial charge in [0, 0.05) is 61.6 Å². The van der Waals surface area contributed by atoms with Crippen molar-refractivity contribution in [3.05, 3.63) is 35.3 Å². The number of amides is 1. The molecule has 2 aliphatic rings. The van der Waals surface area contributed by atoms with Gasteiger partial charge >= 0.3 is 0 Å². The van der Waals surface area contributed by atoms with Crippen LogP contribution in [0.15, 0.2) is 30.5 Å². The Balaban J connectivity index is 1.32. The summed E-state index contributed by atoms with van der Waals surface area (Å²) in [6, 6.07) is 8.27. The molecule has 1 unspecified atom stereocenters. The molecule has 6 rings (SSSR count). The first kappa shape index (κ1) is 23.3. The number of H-pyrrole nitrogens is 1. The van der Waals surface area contributed by atoms with Gasteiger partial charge in [-0.15, -0.1) is 11.3 Å². The van der Waals surface area contributed by atoms with Crippen molar-refractivity contribution >= 4 is 44.2 Å². The summed E-state index contributed by atoms with van der Waals surface area (Å²) in [4.78, 5) is 30.8. The Morgan fingerprint density at radius 2 is 1.94 bits per heavy atom. The number of carbonyl (C=O) groups is 1. The van der Waals surface area contributed by atoms with E-state index < -0.39 is 6.10 Å². The van der Waals surface area contributed by atoms with Crippen molar-refractivity contribution in [3.8, 4) is 11.4 Å². The van der Waals surface area contributed by atoms with Gasteiger partial charge in [-0.05, 0) is 19.1 Å². The zero-order valence-corrected chi connectivity index (χ0v) is 21.0. The topological polar surface area (TPSA) is 111 Å². The van der Waals surface area contributed by atoms with Crippen molar-refractivity contribution in [1.29, 1.82) is 0 Å². The second-order valence-corrected chi connectivity index (χ2v) is 10.4. The molecule has 0 radical (unpaired) electrons. The number of fused-ring (bicyclic) bond motifs is 2. The van der Waals surface area contributed by atoms with Gasteiger partial charge in [-0.1, -0.05) is 12.1 Å². The Morgan fingerprint density at radius 3 is 2.72 bits per heavy atom. The van der Waals surface area contributed by atoms with Gasteiger partial charge in [0.1, 0.15) is 16.8 Å². The van der Waals surface area contributed by atoms with Crippen LogP contribution in [0.1, 0.15) is 11.8 Å². The summed E-state index contributed by atoms with van der Waals surface area (Å²) < 4.78 is 5.60. The van der Waals surface area contributed by atoms with E-state index in [1.807, 2.05) is 24.4 Å². The molecule has 0 spiro atoms. The Hall–Kier alpha value is -3.12. The third-order valence-electron chi connectivity index (χ3n) is 6.88. The molecule has 1 aromatic carbocycles. The molecule has 0 bridgehead atoms. The van der Waals surface area contributed by atoms with Crippen LogP contribution >= 0.6 is 11.3 Å². The van der Waals surface area contributed by atoms with E-state index >= 15 is 0 Å². The first-order chi connectivity index (χ1) is 17.6. The fraction of sp³-hybridized carbons (Fsp3) is 0.440. The quantitative estimate of drug-likeness (QED) is 0.423.